The normalized spacial score (nSPS) is 40.9. The summed E-state index contributed by atoms with van der Waals surface area (Å²) in [5, 5.41) is -0.0139. The predicted octanol–water partition coefficient (Wildman–Crippen LogP) is 0.866. The van der Waals surface area contributed by atoms with Crippen LogP contribution in [0.2, 0.25) is 0 Å². The molecule has 0 N–H and O–H groups in total. The minimum absolute atomic E-state index is 0.0139. The molecule has 0 radical (unpaired) electrons. The van der Waals surface area contributed by atoms with Crippen molar-refractivity contribution in [2.45, 2.75) is 43.5 Å². The summed E-state index contributed by atoms with van der Waals surface area (Å²) in [5.41, 5.74) is 0.0212. The van der Waals surface area contributed by atoms with Crippen LogP contribution in [0.1, 0.15) is 32.6 Å². The Kier molecular flexibility index (Phi) is 1.98. The minimum atomic E-state index is -0.893. The van der Waals surface area contributed by atoms with Gasteiger partial charge >= 0.3 is 0 Å². The average Bonchev–Trinajstić information content (AvgIpc) is 2.50. The molecule has 1 amide bonds. The van der Waals surface area contributed by atoms with Crippen LogP contribution in [0.4, 0.5) is 0 Å². The third kappa shape index (κ3) is 1.23. The van der Waals surface area contributed by atoms with Crippen LogP contribution in [-0.2, 0) is 15.6 Å². The SMILES string of the molecule is CS(=O)C1CCC2(C)CCC(=O)N12. The molecule has 0 aromatic heterocycles. The second-order valence-corrected chi connectivity index (χ2v) is 5.79. The predicted molar refractivity (Wildman–Crippen MR) is 51.6 cm³/mol. The zero-order valence-electron chi connectivity index (χ0n) is 8.08. The second-order valence-electron chi connectivity index (χ2n) is 4.25. The van der Waals surface area contributed by atoms with Crippen molar-refractivity contribution in [3.63, 3.8) is 0 Å². The first kappa shape index (κ1) is 9.19. The monoisotopic (exact) mass is 201 g/mol. The largest absolute Gasteiger partial charge is 0.323 e. The van der Waals surface area contributed by atoms with Gasteiger partial charge in [0.1, 0.15) is 5.37 Å². The highest BCUT2D eigenvalue weighted by molar-refractivity contribution is 7.84. The van der Waals surface area contributed by atoms with Crippen LogP contribution >= 0.6 is 0 Å². The van der Waals surface area contributed by atoms with Crippen molar-refractivity contribution >= 4 is 16.7 Å². The van der Waals surface area contributed by atoms with Crippen molar-refractivity contribution in [2.75, 3.05) is 6.26 Å². The molecule has 3 unspecified atom stereocenters. The fraction of sp³-hybridized carbons (Fsp3) is 0.889. The Labute approximate surface area is 80.9 Å². The maximum absolute atomic E-state index is 11.6. The Balaban J connectivity index is 2.29. The Bertz CT molecular complexity index is 279. The van der Waals surface area contributed by atoms with E-state index in [0.717, 1.165) is 19.3 Å². The van der Waals surface area contributed by atoms with Crippen LogP contribution in [0, 0.1) is 0 Å². The number of hydrogen-bond acceptors (Lipinski definition) is 2. The molecule has 2 aliphatic rings. The highest BCUT2D eigenvalue weighted by Crippen LogP contribution is 2.43. The maximum Gasteiger partial charge on any atom is 0.224 e. The molecule has 13 heavy (non-hydrogen) atoms. The molecule has 2 fully saturated rings. The zero-order chi connectivity index (χ0) is 9.64. The van der Waals surface area contributed by atoms with Gasteiger partial charge in [-0.25, -0.2) is 0 Å². The summed E-state index contributed by atoms with van der Waals surface area (Å²) in [6.45, 7) is 2.12. The summed E-state index contributed by atoms with van der Waals surface area (Å²) in [5.74, 6) is 0.195. The van der Waals surface area contributed by atoms with E-state index in [0.29, 0.717) is 6.42 Å². The van der Waals surface area contributed by atoms with Crippen molar-refractivity contribution in [1.29, 1.82) is 0 Å². The number of amides is 1. The lowest BCUT2D eigenvalue weighted by Crippen LogP contribution is -2.43. The lowest BCUT2D eigenvalue weighted by atomic mass is 9.97. The van der Waals surface area contributed by atoms with Gasteiger partial charge in [-0.2, -0.15) is 0 Å². The number of carbonyl (C=O) groups is 1. The Morgan fingerprint density at radius 3 is 2.85 bits per heavy atom. The Morgan fingerprint density at radius 2 is 2.23 bits per heavy atom. The van der Waals surface area contributed by atoms with Crippen LogP contribution in [0.25, 0.3) is 0 Å². The molecule has 0 aromatic rings. The first-order valence-corrected chi connectivity index (χ1v) is 6.31. The van der Waals surface area contributed by atoms with Gasteiger partial charge in [-0.1, -0.05) is 0 Å². The van der Waals surface area contributed by atoms with Crippen molar-refractivity contribution in [3.05, 3.63) is 0 Å². The molecule has 0 saturated carbocycles. The quantitative estimate of drug-likeness (QED) is 0.631. The van der Waals surface area contributed by atoms with Crippen LogP contribution in [0.15, 0.2) is 0 Å². The van der Waals surface area contributed by atoms with E-state index < -0.39 is 10.8 Å². The molecule has 2 saturated heterocycles. The number of rotatable bonds is 1. The summed E-state index contributed by atoms with van der Waals surface area (Å²) in [7, 11) is -0.893. The summed E-state index contributed by atoms with van der Waals surface area (Å²) in [6, 6.07) is 0. The molecule has 0 bridgehead atoms. The van der Waals surface area contributed by atoms with Crippen molar-refractivity contribution in [1.82, 2.24) is 4.90 Å². The van der Waals surface area contributed by atoms with Gasteiger partial charge in [0.05, 0.1) is 0 Å². The van der Waals surface area contributed by atoms with E-state index in [9.17, 15) is 9.00 Å². The average molecular weight is 201 g/mol. The fourth-order valence-corrected chi connectivity index (χ4v) is 3.67. The summed E-state index contributed by atoms with van der Waals surface area (Å²) >= 11 is 0. The van der Waals surface area contributed by atoms with E-state index in [1.807, 2.05) is 4.90 Å². The van der Waals surface area contributed by atoms with Gasteiger partial charge in [0.25, 0.3) is 0 Å². The standard InChI is InChI=1S/C9H15NO2S/c1-9-5-3-7(11)10(9)8(4-6-9)13(2)12/h8H,3-6H2,1-2H3. The highest BCUT2D eigenvalue weighted by Gasteiger charge is 2.50. The molecule has 2 rings (SSSR count). The van der Waals surface area contributed by atoms with Gasteiger partial charge in [-0.3, -0.25) is 9.00 Å². The van der Waals surface area contributed by atoms with Gasteiger partial charge in [-0.15, -0.1) is 0 Å². The van der Waals surface area contributed by atoms with Gasteiger partial charge in [0, 0.05) is 29.0 Å². The van der Waals surface area contributed by atoms with E-state index in [1.54, 1.807) is 6.26 Å². The first-order chi connectivity index (χ1) is 6.04. The summed E-state index contributed by atoms with van der Waals surface area (Å²) in [4.78, 5) is 13.4. The highest BCUT2D eigenvalue weighted by atomic mass is 32.2. The van der Waals surface area contributed by atoms with Crippen LogP contribution in [0.3, 0.4) is 0 Å². The Morgan fingerprint density at radius 1 is 1.54 bits per heavy atom. The van der Waals surface area contributed by atoms with Crippen LogP contribution in [-0.4, -0.2) is 32.2 Å². The van der Waals surface area contributed by atoms with Crippen molar-refractivity contribution in [2.24, 2.45) is 0 Å². The lowest BCUT2D eigenvalue weighted by Gasteiger charge is -2.30. The van der Waals surface area contributed by atoms with E-state index in [4.69, 9.17) is 0 Å². The molecule has 0 spiro atoms. The van der Waals surface area contributed by atoms with E-state index in [-0.39, 0.29) is 16.8 Å². The maximum atomic E-state index is 11.6. The van der Waals surface area contributed by atoms with Gasteiger partial charge in [-0.05, 0) is 26.2 Å². The summed E-state index contributed by atoms with van der Waals surface area (Å²) < 4.78 is 11.4. The molecule has 3 atom stereocenters. The number of nitrogens with zero attached hydrogens (tertiary/aromatic N) is 1. The van der Waals surface area contributed by atoms with Gasteiger partial charge in [0.15, 0.2) is 0 Å². The van der Waals surface area contributed by atoms with Crippen LogP contribution in [0.5, 0.6) is 0 Å². The number of fused-ring (bicyclic) bond motifs is 1. The molecule has 2 aliphatic heterocycles. The van der Waals surface area contributed by atoms with Gasteiger partial charge < -0.3 is 4.90 Å². The van der Waals surface area contributed by atoms with Gasteiger partial charge in [0.2, 0.25) is 5.91 Å². The third-order valence-electron chi connectivity index (χ3n) is 3.33. The molecule has 3 nitrogen and oxygen atoms in total. The van der Waals surface area contributed by atoms with E-state index in [2.05, 4.69) is 6.92 Å². The van der Waals surface area contributed by atoms with E-state index in [1.165, 1.54) is 0 Å². The third-order valence-corrected chi connectivity index (χ3v) is 4.54. The molecular weight excluding hydrogens is 186 g/mol. The minimum Gasteiger partial charge on any atom is -0.323 e. The van der Waals surface area contributed by atoms with Crippen LogP contribution < -0.4 is 0 Å². The van der Waals surface area contributed by atoms with E-state index >= 15 is 0 Å². The molecule has 0 aromatic carbocycles. The van der Waals surface area contributed by atoms with Crippen molar-refractivity contribution in [3.8, 4) is 0 Å². The molecule has 4 heteroatoms. The molecule has 74 valence electrons. The molecule has 2 heterocycles. The number of hydrogen-bond donors (Lipinski definition) is 0. The topological polar surface area (TPSA) is 37.4 Å². The second kappa shape index (κ2) is 2.80. The lowest BCUT2D eigenvalue weighted by molar-refractivity contribution is -0.129. The zero-order valence-corrected chi connectivity index (χ0v) is 8.89. The first-order valence-electron chi connectivity index (χ1n) is 4.69. The van der Waals surface area contributed by atoms with Crippen molar-refractivity contribution < 1.29 is 9.00 Å². The molecular formula is C9H15NO2S. The smallest absolute Gasteiger partial charge is 0.224 e. The number of carbonyl (C=O) groups excluding carboxylic acids is 1. The Hall–Kier alpha value is -0.380. The molecule has 0 aliphatic carbocycles. The fourth-order valence-electron chi connectivity index (χ4n) is 2.55. The summed E-state index contributed by atoms with van der Waals surface area (Å²) in [6.07, 6.45) is 5.21.